The highest BCUT2D eigenvalue weighted by Crippen LogP contribution is 2.27. The van der Waals surface area contributed by atoms with Crippen molar-refractivity contribution in [1.82, 2.24) is 9.38 Å². The number of thiazole rings is 1. The van der Waals surface area contributed by atoms with Gasteiger partial charge in [-0.1, -0.05) is 0 Å². The van der Waals surface area contributed by atoms with E-state index in [-0.39, 0.29) is 24.4 Å². The monoisotopic (exact) mass is 361 g/mol. The van der Waals surface area contributed by atoms with Crippen molar-refractivity contribution in [3.63, 3.8) is 0 Å². The van der Waals surface area contributed by atoms with E-state index in [1.807, 2.05) is 0 Å². The second-order valence-corrected chi connectivity index (χ2v) is 6.01. The molecule has 1 aromatic carbocycles. The van der Waals surface area contributed by atoms with Crippen molar-refractivity contribution in [3.8, 4) is 0 Å². The van der Waals surface area contributed by atoms with Gasteiger partial charge in [0.1, 0.15) is 0 Å². The highest BCUT2D eigenvalue weighted by molar-refractivity contribution is 7.15. The molecule has 0 saturated heterocycles. The van der Waals surface area contributed by atoms with Crippen LogP contribution in [0.1, 0.15) is 5.69 Å². The maximum atomic E-state index is 12.0. The van der Waals surface area contributed by atoms with E-state index in [0.29, 0.717) is 28.6 Å². The smallest absolute Gasteiger partial charge is 0.271 e. The molecular formula is C15H15N5O4S. The lowest BCUT2D eigenvalue weighted by Crippen LogP contribution is -2.15. The lowest BCUT2D eigenvalue weighted by atomic mass is 10.2. The van der Waals surface area contributed by atoms with Gasteiger partial charge in [-0.15, -0.1) is 11.3 Å². The van der Waals surface area contributed by atoms with Crippen LogP contribution >= 0.6 is 11.3 Å². The van der Waals surface area contributed by atoms with Crippen LogP contribution in [0.4, 0.5) is 17.1 Å². The first-order valence-corrected chi connectivity index (χ1v) is 8.29. The van der Waals surface area contributed by atoms with E-state index < -0.39 is 4.92 Å². The van der Waals surface area contributed by atoms with Crippen LogP contribution in [0.5, 0.6) is 0 Å². The topological polar surface area (TPSA) is 122 Å². The van der Waals surface area contributed by atoms with E-state index >= 15 is 0 Å². The molecule has 10 heteroatoms. The Morgan fingerprint density at radius 1 is 1.28 bits per heavy atom. The van der Waals surface area contributed by atoms with Gasteiger partial charge in [-0.05, 0) is 6.07 Å². The molecule has 0 bridgehead atoms. The first-order valence-electron chi connectivity index (χ1n) is 7.41. The second kappa shape index (κ2) is 7.28. The van der Waals surface area contributed by atoms with Crippen molar-refractivity contribution in [2.45, 2.75) is 6.54 Å². The molecule has 0 atom stereocenters. The van der Waals surface area contributed by atoms with Gasteiger partial charge in [0.05, 0.1) is 35.1 Å². The minimum atomic E-state index is -0.483. The first kappa shape index (κ1) is 16.9. The Morgan fingerprint density at radius 2 is 2.12 bits per heavy atom. The first-order chi connectivity index (χ1) is 12.1. The summed E-state index contributed by atoms with van der Waals surface area (Å²) in [6.45, 7) is 0.482. The molecule has 0 unspecified atom stereocenters. The van der Waals surface area contributed by atoms with E-state index in [0.717, 1.165) is 0 Å². The lowest BCUT2D eigenvalue weighted by molar-refractivity contribution is -0.384. The Balaban J connectivity index is 1.85. The van der Waals surface area contributed by atoms with E-state index in [1.165, 1.54) is 33.9 Å². The lowest BCUT2D eigenvalue weighted by Gasteiger charge is -2.13. The van der Waals surface area contributed by atoms with E-state index in [4.69, 9.17) is 5.11 Å². The highest BCUT2D eigenvalue weighted by atomic mass is 32.1. The van der Waals surface area contributed by atoms with Crippen molar-refractivity contribution in [2.24, 2.45) is 0 Å². The zero-order valence-electron chi connectivity index (χ0n) is 13.0. The molecule has 0 aliphatic heterocycles. The van der Waals surface area contributed by atoms with Gasteiger partial charge < -0.3 is 15.7 Å². The van der Waals surface area contributed by atoms with Gasteiger partial charge in [0.2, 0.25) is 0 Å². The number of aromatic nitrogens is 2. The fourth-order valence-electron chi connectivity index (χ4n) is 2.30. The van der Waals surface area contributed by atoms with Gasteiger partial charge in [-0.3, -0.25) is 19.3 Å². The Morgan fingerprint density at radius 3 is 2.88 bits per heavy atom. The predicted octanol–water partition coefficient (Wildman–Crippen LogP) is 1.68. The molecule has 0 aliphatic carbocycles. The molecule has 25 heavy (non-hydrogen) atoms. The van der Waals surface area contributed by atoms with Gasteiger partial charge in [-0.25, -0.2) is 4.98 Å². The Labute approximate surface area is 145 Å². The number of benzene rings is 1. The minimum Gasteiger partial charge on any atom is -0.395 e. The number of nitrogens with zero attached hydrogens (tertiary/aromatic N) is 3. The number of hydrogen-bond acceptors (Lipinski definition) is 8. The van der Waals surface area contributed by atoms with Gasteiger partial charge >= 0.3 is 0 Å². The number of non-ortho nitro benzene ring substituents is 1. The quantitative estimate of drug-likeness (QED) is 0.432. The molecule has 3 N–H and O–H groups in total. The summed E-state index contributed by atoms with van der Waals surface area (Å²) < 4.78 is 1.45. The minimum absolute atomic E-state index is 0.0567. The normalized spacial score (nSPS) is 10.8. The molecule has 2 heterocycles. The summed E-state index contributed by atoms with van der Waals surface area (Å²) in [6, 6.07) is 5.77. The zero-order valence-corrected chi connectivity index (χ0v) is 13.8. The number of rotatable bonds is 7. The number of fused-ring (bicyclic) bond motifs is 1. The molecule has 9 nitrogen and oxygen atoms in total. The summed E-state index contributed by atoms with van der Waals surface area (Å²) in [5.74, 6) is 0. The molecule has 3 rings (SSSR count). The van der Waals surface area contributed by atoms with Crippen LogP contribution in [0.2, 0.25) is 0 Å². The van der Waals surface area contributed by atoms with Crippen molar-refractivity contribution >= 4 is 33.4 Å². The Hall–Kier alpha value is -2.98. The second-order valence-electron chi connectivity index (χ2n) is 5.13. The number of aliphatic hydroxyl groups excluding tert-OH is 1. The van der Waals surface area contributed by atoms with Crippen LogP contribution in [-0.4, -0.2) is 32.6 Å². The van der Waals surface area contributed by atoms with Crippen LogP contribution in [0.25, 0.3) is 4.96 Å². The van der Waals surface area contributed by atoms with Gasteiger partial charge in [-0.2, -0.15) is 0 Å². The van der Waals surface area contributed by atoms with Gasteiger partial charge in [0.25, 0.3) is 11.2 Å². The molecule has 0 saturated carbocycles. The molecule has 0 fully saturated rings. The van der Waals surface area contributed by atoms with Crippen LogP contribution < -0.4 is 16.2 Å². The molecule has 0 spiro atoms. The van der Waals surface area contributed by atoms with Crippen LogP contribution in [0.3, 0.4) is 0 Å². The summed E-state index contributed by atoms with van der Waals surface area (Å²) in [7, 11) is 0. The standard InChI is InChI=1S/C15H15N5O4S/c21-5-3-16-12-2-1-11(20(23)24)8-13(12)17-9-10-7-14(22)19-4-6-25-15(19)18-10/h1-2,4,6-8,16-17,21H,3,5,9H2. The largest absolute Gasteiger partial charge is 0.395 e. The summed E-state index contributed by atoms with van der Waals surface area (Å²) >= 11 is 1.35. The molecule has 0 amide bonds. The maximum absolute atomic E-state index is 12.0. The van der Waals surface area contributed by atoms with E-state index in [2.05, 4.69) is 15.6 Å². The number of nitro benzene ring substituents is 1. The molecule has 2 aromatic heterocycles. The number of nitrogens with one attached hydrogen (secondary N) is 2. The third kappa shape index (κ3) is 3.75. The van der Waals surface area contributed by atoms with Gasteiger partial charge in [0.15, 0.2) is 4.96 Å². The average molecular weight is 361 g/mol. The third-order valence-electron chi connectivity index (χ3n) is 3.46. The maximum Gasteiger partial charge on any atom is 0.271 e. The average Bonchev–Trinajstić information content (AvgIpc) is 3.07. The fourth-order valence-corrected chi connectivity index (χ4v) is 3.04. The summed E-state index contributed by atoms with van der Waals surface area (Å²) in [4.78, 5) is 27.5. The molecule has 0 radical (unpaired) electrons. The van der Waals surface area contributed by atoms with Crippen molar-refractivity contribution < 1.29 is 10.0 Å². The number of anilines is 2. The fraction of sp³-hybridized carbons (Fsp3) is 0.200. The summed E-state index contributed by atoms with van der Waals surface area (Å²) in [5.41, 5.74) is 1.41. The number of hydrogen-bond donors (Lipinski definition) is 3. The zero-order chi connectivity index (χ0) is 17.8. The van der Waals surface area contributed by atoms with Crippen LogP contribution in [0.15, 0.2) is 40.6 Å². The summed E-state index contributed by atoms with van der Waals surface area (Å²) in [6.07, 6.45) is 1.66. The van der Waals surface area contributed by atoms with Gasteiger partial charge in [0, 0.05) is 36.3 Å². The van der Waals surface area contributed by atoms with Crippen molar-refractivity contribution in [3.05, 3.63) is 62.0 Å². The number of nitro groups is 1. The van der Waals surface area contributed by atoms with Crippen molar-refractivity contribution in [2.75, 3.05) is 23.8 Å². The van der Waals surface area contributed by atoms with Crippen LogP contribution in [-0.2, 0) is 6.54 Å². The van der Waals surface area contributed by atoms with Crippen LogP contribution in [0, 0.1) is 10.1 Å². The summed E-state index contributed by atoms with van der Waals surface area (Å²) in [5, 5.41) is 27.7. The number of aliphatic hydroxyl groups is 1. The predicted molar refractivity (Wildman–Crippen MR) is 95.3 cm³/mol. The van der Waals surface area contributed by atoms with Crippen molar-refractivity contribution in [1.29, 1.82) is 0 Å². The Bertz CT molecular complexity index is 968. The van der Waals surface area contributed by atoms with E-state index in [1.54, 1.807) is 17.6 Å². The third-order valence-corrected chi connectivity index (χ3v) is 4.21. The highest BCUT2D eigenvalue weighted by Gasteiger charge is 2.11. The molecule has 3 aromatic rings. The molecule has 0 aliphatic rings. The Kier molecular flexibility index (Phi) is 4.91. The van der Waals surface area contributed by atoms with E-state index in [9.17, 15) is 14.9 Å². The molecule has 130 valence electrons. The SMILES string of the molecule is O=c1cc(CNc2cc([N+](=O)[O-])ccc2NCCO)nc2sccn12. The molecular weight excluding hydrogens is 346 g/mol.